The van der Waals surface area contributed by atoms with Crippen molar-refractivity contribution < 1.29 is 19.1 Å². The molecular formula is C14H21IO4. The van der Waals surface area contributed by atoms with E-state index in [4.69, 9.17) is 9.47 Å². The summed E-state index contributed by atoms with van der Waals surface area (Å²) < 4.78 is 10.9. The molecule has 0 saturated heterocycles. The molecule has 19 heavy (non-hydrogen) atoms. The normalized spacial score (nSPS) is 11.3. The lowest BCUT2D eigenvalue weighted by atomic mass is 9.81. The summed E-state index contributed by atoms with van der Waals surface area (Å²) in [5.41, 5.74) is -1.31. The van der Waals surface area contributed by atoms with Gasteiger partial charge in [-0.25, -0.2) is 0 Å². The lowest BCUT2D eigenvalue weighted by molar-refractivity contribution is -0.171. The van der Waals surface area contributed by atoms with Gasteiger partial charge in [-0.15, -0.1) is 6.58 Å². The van der Waals surface area contributed by atoms with Crippen molar-refractivity contribution in [1.29, 1.82) is 0 Å². The lowest BCUT2D eigenvalue weighted by Crippen LogP contribution is -2.41. The van der Waals surface area contributed by atoms with Crippen molar-refractivity contribution in [3.63, 3.8) is 0 Å². The van der Waals surface area contributed by atoms with Crippen molar-refractivity contribution in [2.24, 2.45) is 5.41 Å². The SMILES string of the molecule is C=CCC(C/C=C/CI)(C(=O)OCC)C(=O)OCC. The number of allylic oxidation sites excluding steroid dienone is 3. The van der Waals surface area contributed by atoms with Crippen LogP contribution in [0.4, 0.5) is 0 Å². The van der Waals surface area contributed by atoms with E-state index in [0.29, 0.717) is 0 Å². The average Bonchev–Trinajstić information content (AvgIpc) is 2.38. The molecule has 0 N–H and O–H groups in total. The zero-order valence-corrected chi connectivity index (χ0v) is 13.6. The highest BCUT2D eigenvalue weighted by Gasteiger charge is 2.46. The number of carbonyl (C=O) groups is 2. The van der Waals surface area contributed by atoms with E-state index in [1.54, 1.807) is 19.9 Å². The predicted octanol–water partition coefficient (Wildman–Crippen LogP) is 3.06. The second kappa shape index (κ2) is 10.00. The Labute approximate surface area is 128 Å². The van der Waals surface area contributed by atoms with E-state index in [1.165, 1.54) is 0 Å². The molecule has 0 spiro atoms. The molecule has 5 heteroatoms. The van der Waals surface area contributed by atoms with E-state index >= 15 is 0 Å². The van der Waals surface area contributed by atoms with Gasteiger partial charge in [-0.1, -0.05) is 40.8 Å². The van der Waals surface area contributed by atoms with Crippen molar-refractivity contribution in [3.05, 3.63) is 24.8 Å². The van der Waals surface area contributed by atoms with Gasteiger partial charge in [-0.2, -0.15) is 0 Å². The zero-order valence-electron chi connectivity index (χ0n) is 11.5. The number of hydrogen-bond acceptors (Lipinski definition) is 4. The Morgan fingerprint density at radius 2 is 1.63 bits per heavy atom. The van der Waals surface area contributed by atoms with Crippen LogP contribution in [0.1, 0.15) is 26.7 Å². The number of hydrogen-bond donors (Lipinski definition) is 0. The third kappa shape index (κ3) is 5.34. The molecule has 4 nitrogen and oxygen atoms in total. The molecule has 0 saturated carbocycles. The summed E-state index contributed by atoms with van der Waals surface area (Å²) in [7, 11) is 0. The summed E-state index contributed by atoms with van der Waals surface area (Å²) >= 11 is 2.19. The third-order valence-electron chi connectivity index (χ3n) is 2.55. The molecule has 0 amide bonds. The molecule has 0 fully saturated rings. The predicted molar refractivity (Wildman–Crippen MR) is 83.2 cm³/mol. The number of halogens is 1. The third-order valence-corrected chi connectivity index (χ3v) is 3.06. The number of esters is 2. The first kappa shape index (κ1) is 18.1. The van der Waals surface area contributed by atoms with Crippen LogP contribution in [0.3, 0.4) is 0 Å². The maximum absolute atomic E-state index is 12.2. The molecule has 0 aromatic carbocycles. The minimum absolute atomic E-state index is 0.205. The molecule has 0 aliphatic heterocycles. The quantitative estimate of drug-likeness (QED) is 0.203. The Balaban J connectivity index is 5.31. The second-order valence-electron chi connectivity index (χ2n) is 3.85. The molecule has 108 valence electrons. The monoisotopic (exact) mass is 380 g/mol. The lowest BCUT2D eigenvalue weighted by Gasteiger charge is -2.26. The first-order valence-corrected chi connectivity index (χ1v) is 7.77. The topological polar surface area (TPSA) is 52.6 Å². The number of carbonyl (C=O) groups excluding carboxylic acids is 2. The van der Waals surface area contributed by atoms with Crippen LogP contribution in [-0.4, -0.2) is 29.6 Å². The molecule has 0 aliphatic carbocycles. The molecular weight excluding hydrogens is 359 g/mol. The second-order valence-corrected chi connectivity index (χ2v) is 4.73. The number of ether oxygens (including phenoxy) is 2. The molecule has 0 unspecified atom stereocenters. The van der Waals surface area contributed by atoms with Crippen molar-refractivity contribution >= 4 is 34.5 Å². The fraction of sp³-hybridized carbons (Fsp3) is 0.571. The average molecular weight is 380 g/mol. The summed E-state index contributed by atoms with van der Waals surface area (Å²) in [4.78, 5) is 24.3. The van der Waals surface area contributed by atoms with Crippen LogP contribution in [0.5, 0.6) is 0 Å². The maximum atomic E-state index is 12.2. The van der Waals surface area contributed by atoms with E-state index in [-0.39, 0.29) is 26.1 Å². The van der Waals surface area contributed by atoms with Crippen LogP contribution in [0.2, 0.25) is 0 Å². The van der Waals surface area contributed by atoms with Crippen molar-refractivity contribution in [2.45, 2.75) is 26.7 Å². The molecule has 0 aliphatic rings. The van der Waals surface area contributed by atoms with Gasteiger partial charge in [0.25, 0.3) is 0 Å². The molecule has 0 aromatic rings. The van der Waals surface area contributed by atoms with Gasteiger partial charge in [0, 0.05) is 4.43 Å². The van der Waals surface area contributed by atoms with Crippen molar-refractivity contribution in [3.8, 4) is 0 Å². The van der Waals surface area contributed by atoms with Gasteiger partial charge in [0.15, 0.2) is 5.41 Å². The highest BCUT2D eigenvalue weighted by Crippen LogP contribution is 2.31. The van der Waals surface area contributed by atoms with Gasteiger partial charge in [0.05, 0.1) is 13.2 Å². The minimum atomic E-state index is -1.31. The van der Waals surface area contributed by atoms with Crippen LogP contribution in [0.15, 0.2) is 24.8 Å². The van der Waals surface area contributed by atoms with Gasteiger partial charge >= 0.3 is 11.9 Å². The van der Waals surface area contributed by atoms with Crippen molar-refractivity contribution in [2.75, 3.05) is 17.6 Å². The summed E-state index contributed by atoms with van der Waals surface area (Å²) in [6.07, 6.45) is 5.72. The Morgan fingerprint density at radius 3 is 2.00 bits per heavy atom. The van der Waals surface area contributed by atoms with Gasteiger partial charge in [-0.3, -0.25) is 9.59 Å². The summed E-state index contributed by atoms with van der Waals surface area (Å²) in [6.45, 7) is 7.50. The molecule has 0 atom stereocenters. The van der Waals surface area contributed by atoms with Gasteiger partial charge in [0.2, 0.25) is 0 Å². The number of alkyl halides is 1. The van der Waals surface area contributed by atoms with E-state index in [9.17, 15) is 9.59 Å². The molecule has 0 bridgehead atoms. The largest absolute Gasteiger partial charge is 0.465 e. The molecule has 0 heterocycles. The van der Waals surface area contributed by atoms with E-state index < -0.39 is 17.4 Å². The Bertz CT molecular complexity index is 318. The zero-order chi connectivity index (χ0) is 14.7. The molecule has 0 aromatic heterocycles. The Hall–Kier alpha value is -0.850. The Morgan fingerprint density at radius 1 is 1.11 bits per heavy atom. The van der Waals surface area contributed by atoms with E-state index in [1.807, 2.05) is 12.2 Å². The van der Waals surface area contributed by atoms with Crippen LogP contribution >= 0.6 is 22.6 Å². The fourth-order valence-electron chi connectivity index (χ4n) is 1.63. The van der Waals surface area contributed by atoms with Crippen LogP contribution in [0.25, 0.3) is 0 Å². The van der Waals surface area contributed by atoms with Crippen molar-refractivity contribution in [1.82, 2.24) is 0 Å². The highest BCUT2D eigenvalue weighted by atomic mass is 127. The first-order chi connectivity index (χ1) is 9.08. The van der Waals surface area contributed by atoms with Crippen LogP contribution < -0.4 is 0 Å². The molecule has 0 radical (unpaired) electrons. The summed E-state index contributed by atoms with van der Waals surface area (Å²) in [5.74, 6) is -1.10. The van der Waals surface area contributed by atoms with Gasteiger partial charge < -0.3 is 9.47 Å². The molecule has 0 rings (SSSR count). The van der Waals surface area contributed by atoms with Crippen LogP contribution in [-0.2, 0) is 19.1 Å². The standard InChI is InChI=1S/C14H21IO4/c1-4-9-14(10-7-8-11-15,12(16)18-5-2)13(17)19-6-3/h4,7-8H,1,5-6,9-11H2,2-3H3/b8-7+. The minimum Gasteiger partial charge on any atom is -0.465 e. The highest BCUT2D eigenvalue weighted by molar-refractivity contribution is 14.1. The Kier molecular flexibility index (Phi) is 9.55. The van der Waals surface area contributed by atoms with Crippen LogP contribution in [0, 0.1) is 5.41 Å². The smallest absolute Gasteiger partial charge is 0.324 e. The van der Waals surface area contributed by atoms with Gasteiger partial charge in [-0.05, 0) is 26.7 Å². The number of rotatable bonds is 9. The fourth-order valence-corrected chi connectivity index (χ4v) is 1.99. The first-order valence-electron chi connectivity index (χ1n) is 6.25. The van der Waals surface area contributed by atoms with Gasteiger partial charge in [0.1, 0.15) is 0 Å². The summed E-state index contributed by atoms with van der Waals surface area (Å²) in [6, 6.07) is 0. The summed E-state index contributed by atoms with van der Waals surface area (Å²) in [5, 5.41) is 0. The maximum Gasteiger partial charge on any atom is 0.324 e. The van der Waals surface area contributed by atoms with E-state index in [0.717, 1.165) is 4.43 Å². The van der Waals surface area contributed by atoms with E-state index in [2.05, 4.69) is 29.2 Å².